The highest BCUT2D eigenvalue weighted by Gasteiger charge is 2.30. The fraction of sp³-hybridized carbons (Fsp3) is 0.455. The summed E-state index contributed by atoms with van der Waals surface area (Å²) in [6.07, 6.45) is 2.74. The minimum absolute atomic E-state index is 0. The van der Waals surface area contributed by atoms with Gasteiger partial charge in [-0.1, -0.05) is 30.3 Å². The molecule has 0 aliphatic heterocycles. The van der Waals surface area contributed by atoms with Gasteiger partial charge in [0.2, 0.25) is 0 Å². The summed E-state index contributed by atoms with van der Waals surface area (Å²) in [5, 5.41) is 0. The Hall–Kier alpha value is -0.530. The lowest BCUT2D eigenvalue weighted by Crippen LogP contribution is -2.14. The first-order valence-corrected chi connectivity index (χ1v) is 4.67. The Morgan fingerprint density at radius 3 is 2.31 bits per heavy atom. The van der Waals surface area contributed by atoms with Gasteiger partial charge < -0.3 is 5.73 Å². The maximum atomic E-state index is 5.75. The molecule has 13 heavy (non-hydrogen) atoms. The number of nitrogens with two attached hydrogens (primary N) is 1. The molecule has 1 aliphatic carbocycles. The molecule has 1 aromatic rings. The van der Waals surface area contributed by atoms with E-state index in [1.54, 1.807) is 0 Å². The third-order valence-electron chi connectivity index (χ3n) is 2.67. The van der Waals surface area contributed by atoms with E-state index in [0.717, 1.165) is 12.5 Å². The number of benzene rings is 1. The number of halogens is 1. The zero-order valence-corrected chi connectivity index (χ0v) is 8.46. The molecular weight excluding hydrogens is 182 g/mol. The first-order chi connectivity index (χ1) is 5.92. The molecule has 1 saturated carbocycles. The van der Waals surface area contributed by atoms with Crippen LogP contribution in [-0.2, 0) is 0 Å². The number of hydrogen-bond acceptors (Lipinski definition) is 1. The van der Waals surface area contributed by atoms with Gasteiger partial charge in [0.1, 0.15) is 0 Å². The summed E-state index contributed by atoms with van der Waals surface area (Å²) < 4.78 is 0. The lowest BCUT2D eigenvalue weighted by Gasteiger charge is -2.13. The average Bonchev–Trinajstić information content (AvgIpc) is 2.92. The highest BCUT2D eigenvalue weighted by atomic mass is 35.5. The molecule has 1 nitrogen and oxygen atoms in total. The van der Waals surface area contributed by atoms with Crippen molar-refractivity contribution in [2.75, 3.05) is 6.54 Å². The molecule has 2 N–H and O–H groups in total. The highest BCUT2D eigenvalue weighted by Crippen LogP contribution is 2.41. The van der Waals surface area contributed by atoms with E-state index < -0.39 is 0 Å². The average molecular weight is 198 g/mol. The van der Waals surface area contributed by atoms with Gasteiger partial charge in [-0.05, 0) is 36.8 Å². The summed E-state index contributed by atoms with van der Waals surface area (Å²) in [5.41, 5.74) is 7.16. The van der Waals surface area contributed by atoms with Gasteiger partial charge in [0.25, 0.3) is 0 Å². The fourth-order valence-corrected chi connectivity index (χ4v) is 1.80. The molecule has 1 atom stereocenters. The van der Waals surface area contributed by atoms with Gasteiger partial charge in [-0.25, -0.2) is 0 Å². The van der Waals surface area contributed by atoms with E-state index in [4.69, 9.17) is 5.73 Å². The van der Waals surface area contributed by atoms with Crippen molar-refractivity contribution >= 4 is 12.4 Å². The van der Waals surface area contributed by atoms with E-state index >= 15 is 0 Å². The van der Waals surface area contributed by atoms with Gasteiger partial charge >= 0.3 is 0 Å². The van der Waals surface area contributed by atoms with Crippen molar-refractivity contribution in [3.63, 3.8) is 0 Å². The monoisotopic (exact) mass is 197 g/mol. The molecule has 2 heteroatoms. The zero-order chi connectivity index (χ0) is 8.39. The smallest absolute Gasteiger partial charge is 0.000556 e. The molecule has 72 valence electrons. The quantitative estimate of drug-likeness (QED) is 0.792. The Kier molecular flexibility index (Phi) is 3.76. The van der Waals surface area contributed by atoms with Crippen LogP contribution in [0.25, 0.3) is 0 Å². The summed E-state index contributed by atoms with van der Waals surface area (Å²) in [4.78, 5) is 0. The van der Waals surface area contributed by atoms with Crippen LogP contribution in [0.5, 0.6) is 0 Å². The van der Waals surface area contributed by atoms with Gasteiger partial charge in [-0.3, -0.25) is 0 Å². The largest absolute Gasteiger partial charge is 0.330 e. The maximum absolute atomic E-state index is 5.75. The summed E-state index contributed by atoms with van der Waals surface area (Å²) in [6, 6.07) is 10.6. The fourth-order valence-electron chi connectivity index (χ4n) is 1.80. The molecular formula is C11H16ClN. The summed E-state index contributed by atoms with van der Waals surface area (Å²) in [6.45, 7) is 0.800. The number of hydrogen-bond donors (Lipinski definition) is 1. The van der Waals surface area contributed by atoms with E-state index in [9.17, 15) is 0 Å². The van der Waals surface area contributed by atoms with Crippen LogP contribution in [0.3, 0.4) is 0 Å². The van der Waals surface area contributed by atoms with Gasteiger partial charge in [-0.2, -0.15) is 0 Å². The second-order valence-electron chi connectivity index (χ2n) is 3.59. The van der Waals surface area contributed by atoms with Crippen LogP contribution in [0.4, 0.5) is 0 Å². The van der Waals surface area contributed by atoms with E-state index in [-0.39, 0.29) is 12.4 Å². The molecule has 0 spiro atoms. The molecule has 0 heterocycles. The zero-order valence-electron chi connectivity index (χ0n) is 7.65. The predicted octanol–water partition coefficient (Wildman–Crippen LogP) is 2.56. The third kappa shape index (κ3) is 2.45. The maximum Gasteiger partial charge on any atom is -0.000556 e. The summed E-state index contributed by atoms with van der Waals surface area (Å²) >= 11 is 0. The molecule has 1 aliphatic rings. The lowest BCUT2D eigenvalue weighted by atomic mass is 9.95. The van der Waals surface area contributed by atoms with Crippen molar-refractivity contribution in [2.24, 2.45) is 11.7 Å². The normalized spacial score (nSPS) is 17.6. The van der Waals surface area contributed by atoms with E-state index in [2.05, 4.69) is 30.3 Å². The van der Waals surface area contributed by atoms with Gasteiger partial charge in [0.05, 0.1) is 0 Å². The Morgan fingerprint density at radius 1 is 1.23 bits per heavy atom. The first kappa shape index (κ1) is 10.6. The SMILES string of the molecule is Cl.NCC(c1ccccc1)C1CC1. The molecule has 0 saturated heterocycles. The summed E-state index contributed by atoms with van der Waals surface area (Å²) in [5.74, 6) is 1.49. The Morgan fingerprint density at radius 2 is 1.85 bits per heavy atom. The molecule has 1 unspecified atom stereocenters. The Bertz CT molecular complexity index is 244. The third-order valence-corrected chi connectivity index (χ3v) is 2.67. The van der Waals surface area contributed by atoms with E-state index in [0.29, 0.717) is 5.92 Å². The Balaban J connectivity index is 0.000000845. The summed E-state index contributed by atoms with van der Waals surface area (Å²) in [7, 11) is 0. The standard InChI is InChI=1S/C11H15N.ClH/c12-8-11(10-6-7-10)9-4-2-1-3-5-9;/h1-5,10-11H,6-8,12H2;1H. The van der Waals surface area contributed by atoms with Crippen molar-refractivity contribution in [1.29, 1.82) is 0 Å². The highest BCUT2D eigenvalue weighted by molar-refractivity contribution is 5.85. The van der Waals surface area contributed by atoms with Crippen molar-refractivity contribution in [2.45, 2.75) is 18.8 Å². The van der Waals surface area contributed by atoms with E-state index in [1.165, 1.54) is 18.4 Å². The molecule has 0 amide bonds. The predicted molar refractivity (Wildman–Crippen MR) is 58.2 cm³/mol. The lowest BCUT2D eigenvalue weighted by molar-refractivity contribution is 0.616. The van der Waals surface area contributed by atoms with Crippen molar-refractivity contribution in [3.8, 4) is 0 Å². The van der Waals surface area contributed by atoms with E-state index in [1.807, 2.05) is 0 Å². The second kappa shape index (κ2) is 4.64. The topological polar surface area (TPSA) is 26.0 Å². The Labute approximate surface area is 85.7 Å². The van der Waals surface area contributed by atoms with Crippen LogP contribution in [0.1, 0.15) is 24.3 Å². The molecule has 0 bridgehead atoms. The second-order valence-corrected chi connectivity index (χ2v) is 3.59. The minimum Gasteiger partial charge on any atom is -0.330 e. The van der Waals surface area contributed by atoms with Crippen LogP contribution < -0.4 is 5.73 Å². The van der Waals surface area contributed by atoms with Crippen molar-refractivity contribution in [3.05, 3.63) is 35.9 Å². The van der Waals surface area contributed by atoms with Crippen LogP contribution >= 0.6 is 12.4 Å². The molecule has 1 aromatic carbocycles. The van der Waals surface area contributed by atoms with Crippen LogP contribution in [0, 0.1) is 5.92 Å². The number of rotatable bonds is 3. The van der Waals surface area contributed by atoms with Crippen molar-refractivity contribution < 1.29 is 0 Å². The van der Waals surface area contributed by atoms with Gasteiger partial charge in [0.15, 0.2) is 0 Å². The molecule has 0 aromatic heterocycles. The van der Waals surface area contributed by atoms with Gasteiger partial charge in [-0.15, -0.1) is 12.4 Å². The molecule has 2 rings (SSSR count). The molecule has 1 fully saturated rings. The van der Waals surface area contributed by atoms with Crippen LogP contribution in [0.2, 0.25) is 0 Å². The van der Waals surface area contributed by atoms with Crippen LogP contribution in [0.15, 0.2) is 30.3 Å². The van der Waals surface area contributed by atoms with Crippen molar-refractivity contribution in [1.82, 2.24) is 0 Å². The van der Waals surface area contributed by atoms with Gasteiger partial charge in [0, 0.05) is 0 Å². The van der Waals surface area contributed by atoms with Crippen LogP contribution in [-0.4, -0.2) is 6.54 Å². The minimum atomic E-state index is 0. The molecule has 0 radical (unpaired) electrons. The first-order valence-electron chi connectivity index (χ1n) is 4.67.